The maximum Gasteiger partial charge on any atom is 0.276 e. The summed E-state index contributed by atoms with van der Waals surface area (Å²) in [6.07, 6.45) is 7.11. The molecule has 140 valence electrons. The van der Waals surface area contributed by atoms with E-state index in [1.807, 2.05) is 46.0 Å². The minimum atomic E-state index is -0.152. The van der Waals surface area contributed by atoms with Gasteiger partial charge in [-0.2, -0.15) is 0 Å². The van der Waals surface area contributed by atoms with Gasteiger partial charge < -0.3 is 14.8 Å². The van der Waals surface area contributed by atoms with E-state index < -0.39 is 0 Å². The van der Waals surface area contributed by atoms with Gasteiger partial charge >= 0.3 is 0 Å². The summed E-state index contributed by atoms with van der Waals surface area (Å²) in [4.78, 5) is 28.4. The van der Waals surface area contributed by atoms with Gasteiger partial charge in [-0.25, -0.2) is 0 Å². The van der Waals surface area contributed by atoms with Crippen molar-refractivity contribution in [1.82, 2.24) is 19.7 Å². The average Bonchev–Trinajstić information content (AvgIpc) is 3.15. The Bertz CT molecular complexity index is 956. The monoisotopic (exact) mass is 382 g/mol. The molecule has 2 aliphatic rings. The number of para-hydroxylation sites is 1. The van der Waals surface area contributed by atoms with Crippen molar-refractivity contribution in [2.45, 2.75) is 25.8 Å². The summed E-state index contributed by atoms with van der Waals surface area (Å²) in [6, 6.07) is 7.93. The van der Waals surface area contributed by atoms with Crippen LogP contribution in [0.3, 0.4) is 0 Å². The third-order valence-corrected chi connectivity index (χ3v) is 5.59. The van der Waals surface area contributed by atoms with Crippen molar-refractivity contribution in [2.75, 3.05) is 20.1 Å². The summed E-state index contributed by atoms with van der Waals surface area (Å²) in [6.45, 7) is 2.00. The van der Waals surface area contributed by atoms with E-state index in [-0.39, 0.29) is 11.8 Å². The van der Waals surface area contributed by atoms with Crippen LogP contribution in [0.25, 0.3) is 17.0 Å². The zero-order chi connectivity index (χ0) is 19.0. The van der Waals surface area contributed by atoms with Crippen LogP contribution in [0.5, 0.6) is 0 Å². The molecular formula is C20H22N4O2S. The molecule has 2 fully saturated rings. The molecule has 2 aromatic rings. The lowest BCUT2D eigenvalue weighted by Gasteiger charge is -2.27. The van der Waals surface area contributed by atoms with Crippen molar-refractivity contribution < 1.29 is 9.59 Å². The quantitative estimate of drug-likeness (QED) is 0.654. The number of aromatic nitrogens is 1. The first-order valence-corrected chi connectivity index (χ1v) is 9.62. The number of amides is 2. The van der Waals surface area contributed by atoms with Crippen molar-refractivity contribution in [3.63, 3.8) is 0 Å². The van der Waals surface area contributed by atoms with Gasteiger partial charge in [0.25, 0.3) is 5.91 Å². The van der Waals surface area contributed by atoms with Crippen LogP contribution in [0.15, 0.2) is 36.2 Å². The van der Waals surface area contributed by atoms with E-state index in [2.05, 4.69) is 5.32 Å². The molecule has 2 aliphatic heterocycles. The van der Waals surface area contributed by atoms with Gasteiger partial charge in [-0.1, -0.05) is 18.2 Å². The summed E-state index contributed by atoms with van der Waals surface area (Å²) in [7, 11) is 1.65. The van der Waals surface area contributed by atoms with E-state index in [0.29, 0.717) is 17.4 Å². The molecule has 2 saturated heterocycles. The highest BCUT2D eigenvalue weighted by Gasteiger charge is 2.27. The Morgan fingerprint density at radius 2 is 1.96 bits per heavy atom. The largest absolute Gasteiger partial charge is 0.341 e. The molecule has 0 aliphatic carbocycles. The standard InChI is InChI=1S/C20H22N4O2S/c1-22-19(26)16(21-20(22)27)11-14-12-24(17-8-4-3-7-15(14)17)13-18(25)23-9-5-2-6-10-23/h3-4,7-8,11-12H,2,5-6,9-10,13H2,1H3,(H,21,27). The molecule has 0 bridgehead atoms. The molecule has 1 aromatic carbocycles. The number of nitrogens with one attached hydrogen (secondary N) is 1. The van der Waals surface area contributed by atoms with Crippen LogP contribution in [0.1, 0.15) is 24.8 Å². The number of benzene rings is 1. The zero-order valence-electron chi connectivity index (χ0n) is 15.3. The summed E-state index contributed by atoms with van der Waals surface area (Å²) in [5, 5.41) is 4.36. The molecule has 4 rings (SSSR count). The molecule has 0 atom stereocenters. The Morgan fingerprint density at radius 1 is 1.22 bits per heavy atom. The number of likely N-dealkylation sites (N-methyl/N-ethyl adjacent to an activating group) is 1. The van der Waals surface area contributed by atoms with Crippen molar-refractivity contribution in [2.24, 2.45) is 0 Å². The lowest BCUT2D eigenvalue weighted by atomic mass is 10.1. The fourth-order valence-corrected chi connectivity index (χ4v) is 3.88. The van der Waals surface area contributed by atoms with E-state index in [1.54, 1.807) is 7.05 Å². The number of fused-ring (bicyclic) bond motifs is 1. The highest BCUT2D eigenvalue weighted by atomic mass is 32.1. The summed E-state index contributed by atoms with van der Waals surface area (Å²) in [5.74, 6) is -0.00754. The maximum absolute atomic E-state index is 12.7. The van der Waals surface area contributed by atoms with Gasteiger partial charge in [0.15, 0.2) is 5.11 Å². The zero-order valence-corrected chi connectivity index (χ0v) is 16.1. The minimum absolute atomic E-state index is 0.144. The van der Waals surface area contributed by atoms with Crippen LogP contribution in [0, 0.1) is 0 Å². The Balaban J connectivity index is 1.66. The normalized spacial score (nSPS) is 19.2. The van der Waals surface area contributed by atoms with Gasteiger partial charge in [0.2, 0.25) is 5.91 Å². The third kappa shape index (κ3) is 3.35. The smallest absolute Gasteiger partial charge is 0.276 e. The topological polar surface area (TPSA) is 57.6 Å². The van der Waals surface area contributed by atoms with Gasteiger partial charge in [0.05, 0.1) is 0 Å². The fraction of sp³-hybridized carbons (Fsp3) is 0.350. The molecular weight excluding hydrogens is 360 g/mol. The first kappa shape index (κ1) is 17.7. The number of carbonyl (C=O) groups excluding carboxylic acids is 2. The highest BCUT2D eigenvalue weighted by molar-refractivity contribution is 7.80. The molecule has 2 amide bonds. The highest BCUT2D eigenvalue weighted by Crippen LogP contribution is 2.25. The molecule has 0 unspecified atom stereocenters. The Kier molecular flexibility index (Phi) is 4.70. The van der Waals surface area contributed by atoms with Crippen LogP contribution < -0.4 is 5.32 Å². The lowest BCUT2D eigenvalue weighted by Crippen LogP contribution is -2.37. The Labute approximate surface area is 163 Å². The number of nitrogens with zero attached hydrogens (tertiary/aromatic N) is 3. The van der Waals surface area contributed by atoms with Crippen molar-refractivity contribution in [1.29, 1.82) is 0 Å². The van der Waals surface area contributed by atoms with E-state index in [4.69, 9.17) is 12.2 Å². The Morgan fingerprint density at radius 3 is 2.67 bits per heavy atom. The molecule has 6 nitrogen and oxygen atoms in total. The maximum atomic E-state index is 12.7. The number of carbonyl (C=O) groups is 2. The van der Waals surface area contributed by atoms with Crippen LogP contribution >= 0.6 is 12.2 Å². The van der Waals surface area contributed by atoms with Gasteiger partial charge in [0, 0.05) is 42.8 Å². The molecule has 27 heavy (non-hydrogen) atoms. The SMILES string of the molecule is CN1C(=O)C(=Cc2cn(CC(=O)N3CCCCC3)c3ccccc23)NC1=S. The van der Waals surface area contributed by atoms with Crippen molar-refractivity contribution in [3.8, 4) is 0 Å². The predicted octanol–water partition coefficient (Wildman–Crippen LogP) is 2.34. The lowest BCUT2D eigenvalue weighted by molar-refractivity contribution is -0.132. The summed E-state index contributed by atoms with van der Waals surface area (Å²) >= 11 is 5.14. The van der Waals surface area contributed by atoms with Gasteiger partial charge in [-0.15, -0.1) is 0 Å². The number of rotatable bonds is 3. The van der Waals surface area contributed by atoms with Crippen LogP contribution in [0.2, 0.25) is 0 Å². The molecule has 0 radical (unpaired) electrons. The number of likely N-dealkylation sites (tertiary alicyclic amines) is 1. The first-order valence-electron chi connectivity index (χ1n) is 9.21. The van der Waals surface area contributed by atoms with Crippen LogP contribution in [-0.4, -0.2) is 51.4 Å². The number of hydrogen-bond donors (Lipinski definition) is 1. The molecule has 3 heterocycles. The minimum Gasteiger partial charge on any atom is -0.341 e. The molecule has 0 spiro atoms. The Hall–Kier alpha value is -2.67. The molecule has 1 aromatic heterocycles. The van der Waals surface area contributed by atoms with Gasteiger partial charge in [0.1, 0.15) is 12.2 Å². The number of piperidine rings is 1. The summed E-state index contributed by atoms with van der Waals surface area (Å²) in [5.41, 5.74) is 2.33. The van der Waals surface area contributed by atoms with Crippen molar-refractivity contribution in [3.05, 3.63) is 41.7 Å². The second-order valence-electron chi connectivity index (χ2n) is 7.02. The van der Waals surface area contributed by atoms with Gasteiger partial charge in [-0.3, -0.25) is 14.5 Å². The van der Waals surface area contributed by atoms with E-state index in [9.17, 15) is 9.59 Å². The predicted molar refractivity (Wildman–Crippen MR) is 109 cm³/mol. The molecule has 1 N–H and O–H groups in total. The van der Waals surface area contributed by atoms with E-state index in [0.717, 1.165) is 42.4 Å². The number of thiocarbonyl (C=S) groups is 1. The molecule has 7 heteroatoms. The third-order valence-electron chi connectivity index (χ3n) is 5.21. The summed E-state index contributed by atoms with van der Waals surface area (Å²) < 4.78 is 1.97. The van der Waals surface area contributed by atoms with Crippen molar-refractivity contribution >= 4 is 46.1 Å². The van der Waals surface area contributed by atoms with Crippen LogP contribution in [0.4, 0.5) is 0 Å². The van der Waals surface area contributed by atoms with Crippen LogP contribution in [-0.2, 0) is 16.1 Å². The van der Waals surface area contributed by atoms with Gasteiger partial charge in [-0.05, 0) is 43.6 Å². The fourth-order valence-electron chi connectivity index (χ4n) is 3.69. The first-order chi connectivity index (χ1) is 13.0. The second-order valence-corrected chi connectivity index (χ2v) is 7.41. The average molecular weight is 382 g/mol. The van der Waals surface area contributed by atoms with E-state index in [1.165, 1.54) is 11.3 Å². The number of hydrogen-bond acceptors (Lipinski definition) is 3. The van der Waals surface area contributed by atoms with E-state index >= 15 is 0 Å². The second kappa shape index (κ2) is 7.15. The molecule has 0 saturated carbocycles.